The second-order valence-corrected chi connectivity index (χ2v) is 4.08. The Kier molecular flexibility index (Phi) is 3.76. The van der Waals surface area contributed by atoms with Gasteiger partial charge in [0.25, 0.3) is 6.43 Å². The molecule has 6 heteroatoms. The molecule has 0 unspecified atom stereocenters. The first-order valence-electron chi connectivity index (χ1n) is 5.46. The molecule has 98 valence electrons. The van der Waals surface area contributed by atoms with E-state index < -0.39 is 13.0 Å². The molecule has 0 fully saturated rings. The monoisotopic (exact) mass is 257 g/mol. The molecule has 1 aliphatic rings. The van der Waals surface area contributed by atoms with E-state index in [2.05, 4.69) is 0 Å². The van der Waals surface area contributed by atoms with Gasteiger partial charge in [0.2, 0.25) is 6.79 Å². The minimum atomic E-state index is -2.44. The predicted octanol–water partition coefficient (Wildman–Crippen LogP) is 1.79. The Hall–Kier alpha value is -1.69. The van der Waals surface area contributed by atoms with Gasteiger partial charge in [-0.1, -0.05) is 0 Å². The Bertz CT molecular complexity index is 451. The third-order valence-electron chi connectivity index (χ3n) is 2.56. The van der Waals surface area contributed by atoms with Crippen LogP contribution in [0.25, 0.3) is 0 Å². The van der Waals surface area contributed by atoms with Crippen LogP contribution in [0.3, 0.4) is 0 Å². The SMILES string of the molecule is CN(CC(=O)c1ccc2c(c1)OCO2)CC(F)F. The number of ether oxygens (including phenoxy) is 2. The number of halogens is 2. The molecule has 0 N–H and O–H groups in total. The average Bonchev–Trinajstić information content (AvgIpc) is 2.74. The first-order valence-corrected chi connectivity index (χ1v) is 5.46. The van der Waals surface area contributed by atoms with Crippen molar-refractivity contribution in [2.24, 2.45) is 0 Å². The van der Waals surface area contributed by atoms with Gasteiger partial charge in [0.1, 0.15) is 0 Å². The predicted molar refractivity (Wildman–Crippen MR) is 60.4 cm³/mol. The van der Waals surface area contributed by atoms with Crippen LogP contribution in [0.1, 0.15) is 10.4 Å². The number of fused-ring (bicyclic) bond motifs is 1. The molecular weight excluding hydrogens is 244 g/mol. The number of benzene rings is 1. The van der Waals surface area contributed by atoms with E-state index >= 15 is 0 Å². The molecule has 0 aromatic heterocycles. The minimum Gasteiger partial charge on any atom is -0.454 e. The van der Waals surface area contributed by atoms with Gasteiger partial charge < -0.3 is 9.47 Å². The van der Waals surface area contributed by atoms with Gasteiger partial charge in [-0.05, 0) is 25.2 Å². The molecule has 0 saturated carbocycles. The zero-order valence-electron chi connectivity index (χ0n) is 9.86. The molecule has 18 heavy (non-hydrogen) atoms. The van der Waals surface area contributed by atoms with E-state index in [9.17, 15) is 13.6 Å². The van der Waals surface area contributed by atoms with E-state index in [1.54, 1.807) is 18.2 Å². The van der Waals surface area contributed by atoms with Crippen molar-refractivity contribution in [2.75, 3.05) is 26.9 Å². The van der Waals surface area contributed by atoms with Crippen molar-refractivity contribution in [3.8, 4) is 11.5 Å². The Morgan fingerprint density at radius 2 is 2.11 bits per heavy atom. The van der Waals surface area contributed by atoms with Gasteiger partial charge in [-0.15, -0.1) is 0 Å². The van der Waals surface area contributed by atoms with Crippen LogP contribution >= 0.6 is 0 Å². The van der Waals surface area contributed by atoms with Crippen LogP contribution in [0.15, 0.2) is 18.2 Å². The fourth-order valence-corrected chi connectivity index (χ4v) is 1.71. The molecule has 2 rings (SSSR count). The fourth-order valence-electron chi connectivity index (χ4n) is 1.71. The van der Waals surface area contributed by atoms with Crippen LogP contribution in [0.4, 0.5) is 8.78 Å². The molecule has 1 aliphatic heterocycles. The highest BCUT2D eigenvalue weighted by Crippen LogP contribution is 2.32. The normalized spacial score (nSPS) is 13.4. The van der Waals surface area contributed by atoms with E-state index in [4.69, 9.17) is 9.47 Å². The Morgan fingerprint density at radius 3 is 2.83 bits per heavy atom. The molecule has 0 amide bonds. The molecule has 0 saturated heterocycles. The van der Waals surface area contributed by atoms with E-state index in [0.29, 0.717) is 17.1 Å². The number of hydrogen-bond acceptors (Lipinski definition) is 4. The van der Waals surface area contributed by atoms with Gasteiger partial charge in [0.15, 0.2) is 17.3 Å². The third kappa shape index (κ3) is 2.95. The largest absolute Gasteiger partial charge is 0.454 e. The van der Waals surface area contributed by atoms with Gasteiger partial charge in [0.05, 0.1) is 13.1 Å². The molecule has 0 aliphatic carbocycles. The van der Waals surface area contributed by atoms with Crippen LogP contribution < -0.4 is 9.47 Å². The lowest BCUT2D eigenvalue weighted by Gasteiger charge is -2.14. The first kappa shape index (κ1) is 12.8. The Balaban J connectivity index is 2.01. The number of alkyl halides is 2. The van der Waals surface area contributed by atoms with Gasteiger partial charge in [0, 0.05) is 5.56 Å². The highest BCUT2D eigenvalue weighted by atomic mass is 19.3. The quantitative estimate of drug-likeness (QED) is 0.754. The number of rotatable bonds is 5. The highest BCUT2D eigenvalue weighted by molar-refractivity contribution is 5.98. The zero-order chi connectivity index (χ0) is 13.1. The van der Waals surface area contributed by atoms with Crippen LogP contribution in [0, 0.1) is 0 Å². The van der Waals surface area contributed by atoms with Crippen molar-refractivity contribution < 1.29 is 23.0 Å². The van der Waals surface area contributed by atoms with Gasteiger partial charge in [-0.3, -0.25) is 9.69 Å². The molecule has 1 aromatic carbocycles. The standard InChI is InChI=1S/C12H13F2NO3/c1-15(6-12(13)14)5-9(16)8-2-3-10-11(4-8)18-7-17-10/h2-4,12H,5-7H2,1H3. The van der Waals surface area contributed by atoms with Gasteiger partial charge in [-0.2, -0.15) is 0 Å². The molecular formula is C12H13F2NO3. The van der Waals surface area contributed by atoms with Crippen molar-refractivity contribution in [1.29, 1.82) is 0 Å². The molecule has 0 spiro atoms. The molecule has 4 nitrogen and oxygen atoms in total. The number of likely N-dealkylation sites (N-methyl/N-ethyl adjacent to an activating group) is 1. The topological polar surface area (TPSA) is 38.8 Å². The van der Waals surface area contributed by atoms with E-state index in [1.165, 1.54) is 11.9 Å². The summed E-state index contributed by atoms with van der Waals surface area (Å²) in [6, 6.07) is 4.82. The average molecular weight is 257 g/mol. The van der Waals surface area contributed by atoms with Gasteiger partial charge >= 0.3 is 0 Å². The van der Waals surface area contributed by atoms with E-state index in [0.717, 1.165) is 0 Å². The van der Waals surface area contributed by atoms with Gasteiger partial charge in [-0.25, -0.2) is 8.78 Å². The summed E-state index contributed by atoms with van der Waals surface area (Å²) in [5.41, 5.74) is 0.431. The molecule has 1 heterocycles. The van der Waals surface area contributed by atoms with Crippen molar-refractivity contribution in [3.63, 3.8) is 0 Å². The number of hydrogen-bond donors (Lipinski definition) is 0. The number of nitrogens with zero attached hydrogens (tertiary/aromatic N) is 1. The lowest BCUT2D eigenvalue weighted by molar-refractivity contribution is 0.0819. The summed E-state index contributed by atoms with van der Waals surface area (Å²) >= 11 is 0. The van der Waals surface area contributed by atoms with Crippen LogP contribution in [0.5, 0.6) is 11.5 Å². The summed E-state index contributed by atoms with van der Waals surface area (Å²) in [7, 11) is 1.48. The van der Waals surface area contributed by atoms with Crippen molar-refractivity contribution in [2.45, 2.75) is 6.43 Å². The summed E-state index contributed by atoms with van der Waals surface area (Å²) < 4.78 is 34.5. The van der Waals surface area contributed by atoms with Crippen molar-refractivity contribution in [3.05, 3.63) is 23.8 Å². The zero-order valence-corrected chi connectivity index (χ0v) is 9.86. The molecule has 0 atom stereocenters. The van der Waals surface area contributed by atoms with Crippen molar-refractivity contribution in [1.82, 2.24) is 4.90 Å². The smallest absolute Gasteiger partial charge is 0.251 e. The maximum atomic E-state index is 12.1. The fraction of sp³-hybridized carbons (Fsp3) is 0.417. The summed E-state index contributed by atoms with van der Waals surface area (Å²) in [5, 5.41) is 0. The Morgan fingerprint density at radius 1 is 1.39 bits per heavy atom. The van der Waals surface area contributed by atoms with Crippen LogP contribution in [-0.2, 0) is 0 Å². The summed E-state index contributed by atoms with van der Waals surface area (Å²) in [6.45, 7) is -0.335. The van der Waals surface area contributed by atoms with Crippen molar-refractivity contribution >= 4 is 5.78 Å². The van der Waals surface area contributed by atoms with Crippen LogP contribution in [-0.4, -0.2) is 44.0 Å². The maximum Gasteiger partial charge on any atom is 0.251 e. The summed E-state index contributed by atoms with van der Waals surface area (Å²) in [5.74, 6) is 0.876. The highest BCUT2D eigenvalue weighted by Gasteiger charge is 2.18. The second kappa shape index (κ2) is 5.30. The van der Waals surface area contributed by atoms with Crippen LogP contribution in [0.2, 0.25) is 0 Å². The third-order valence-corrected chi connectivity index (χ3v) is 2.56. The number of ketones is 1. The number of carbonyl (C=O) groups excluding carboxylic acids is 1. The summed E-state index contributed by atoms with van der Waals surface area (Å²) in [6.07, 6.45) is -2.44. The number of Topliss-reactive ketones (excluding diaryl/α,β-unsaturated/α-hetero) is 1. The molecule has 0 bridgehead atoms. The maximum absolute atomic E-state index is 12.1. The lowest BCUT2D eigenvalue weighted by Crippen LogP contribution is -2.30. The van der Waals surface area contributed by atoms with E-state index in [1.807, 2.05) is 0 Å². The lowest BCUT2D eigenvalue weighted by atomic mass is 10.1. The number of carbonyl (C=O) groups is 1. The minimum absolute atomic E-state index is 0.0516. The van der Waals surface area contributed by atoms with E-state index in [-0.39, 0.29) is 19.1 Å². The second-order valence-electron chi connectivity index (χ2n) is 4.08. The summed E-state index contributed by atoms with van der Waals surface area (Å²) in [4.78, 5) is 13.1. The first-order chi connectivity index (χ1) is 8.56. The molecule has 1 aromatic rings. The Labute approximate surface area is 103 Å². The molecule has 0 radical (unpaired) electrons.